The molecule has 0 radical (unpaired) electrons. The molecule has 0 saturated heterocycles. The number of amides is 2. The summed E-state index contributed by atoms with van der Waals surface area (Å²) in [6.07, 6.45) is -3.09. The van der Waals surface area contributed by atoms with Gasteiger partial charge in [-0.25, -0.2) is 9.59 Å². The molecule has 5 N–H and O–H groups in total. The van der Waals surface area contributed by atoms with Gasteiger partial charge in [0.15, 0.2) is 12.1 Å². The third kappa shape index (κ3) is 5.71. The van der Waals surface area contributed by atoms with E-state index >= 15 is 0 Å². The van der Waals surface area contributed by atoms with Crippen molar-refractivity contribution >= 4 is 18.0 Å². The maximum atomic E-state index is 11.2. The Balaban J connectivity index is 4.62. The minimum absolute atomic E-state index is 0.829. The van der Waals surface area contributed by atoms with Crippen LogP contribution in [0.4, 0.5) is 4.79 Å². The van der Waals surface area contributed by atoms with Crippen molar-refractivity contribution in [2.45, 2.75) is 38.5 Å². The highest BCUT2D eigenvalue weighted by Gasteiger charge is 2.33. The number of carbonyl (C=O) groups excluding carboxylic acids is 2. The molecule has 8 nitrogen and oxygen atoms in total. The van der Waals surface area contributed by atoms with Gasteiger partial charge in [-0.05, 0) is 20.8 Å². The summed E-state index contributed by atoms with van der Waals surface area (Å²) in [7, 11) is 0. The zero-order chi connectivity index (χ0) is 13.8. The van der Waals surface area contributed by atoms with Crippen LogP contribution < -0.4 is 11.1 Å². The second-order valence-electron chi connectivity index (χ2n) is 4.31. The minimum Gasteiger partial charge on any atom is -0.480 e. The van der Waals surface area contributed by atoms with E-state index in [9.17, 15) is 19.5 Å². The number of primary amides is 1. The van der Waals surface area contributed by atoms with Crippen LogP contribution in [-0.2, 0) is 14.3 Å². The molecule has 0 saturated carbocycles. The van der Waals surface area contributed by atoms with Gasteiger partial charge in [-0.3, -0.25) is 4.79 Å². The highest BCUT2D eigenvalue weighted by Crippen LogP contribution is 2.07. The first kappa shape index (κ1) is 15.2. The Hall–Kier alpha value is -1.83. The lowest BCUT2D eigenvalue weighted by Crippen LogP contribution is -2.54. The zero-order valence-corrected chi connectivity index (χ0v) is 9.76. The largest absolute Gasteiger partial charge is 0.480 e. The molecule has 0 fully saturated rings. The van der Waals surface area contributed by atoms with Crippen molar-refractivity contribution in [3.63, 3.8) is 0 Å². The molecule has 0 rings (SSSR count). The van der Waals surface area contributed by atoms with Crippen LogP contribution in [0.1, 0.15) is 20.8 Å². The van der Waals surface area contributed by atoms with Crippen LogP contribution in [0, 0.1) is 0 Å². The van der Waals surface area contributed by atoms with Crippen LogP contribution in [-0.4, -0.2) is 45.9 Å². The SMILES string of the molecule is CC(C)(C)OC(=O)NC(C(=O)O)C(O)C(N)=O. The van der Waals surface area contributed by atoms with E-state index in [2.05, 4.69) is 0 Å². The summed E-state index contributed by atoms with van der Waals surface area (Å²) in [5, 5.41) is 19.7. The van der Waals surface area contributed by atoms with E-state index < -0.39 is 35.7 Å². The van der Waals surface area contributed by atoms with Crippen molar-refractivity contribution in [1.82, 2.24) is 5.32 Å². The fraction of sp³-hybridized carbons (Fsp3) is 0.667. The maximum absolute atomic E-state index is 11.2. The molecule has 0 spiro atoms. The van der Waals surface area contributed by atoms with E-state index in [1.165, 1.54) is 0 Å². The number of nitrogens with one attached hydrogen (secondary N) is 1. The van der Waals surface area contributed by atoms with E-state index in [0.29, 0.717) is 0 Å². The number of hydrogen-bond acceptors (Lipinski definition) is 5. The monoisotopic (exact) mass is 248 g/mol. The normalized spacial score (nSPS) is 14.6. The van der Waals surface area contributed by atoms with Crippen LogP contribution in [0.5, 0.6) is 0 Å². The van der Waals surface area contributed by atoms with Crippen molar-refractivity contribution in [2.75, 3.05) is 0 Å². The number of ether oxygens (including phenoxy) is 1. The third-order valence-electron chi connectivity index (χ3n) is 1.55. The Labute approximate surface area is 97.7 Å². The van der Waals surface area contributed by atoms with Gasteiger partial charge in [-0.2, -0.15) is 0 Å². The average Bonchev–Trinajstić information content (AvgIpc) is 2.09. The van der Waals surface area contributed by atoms with Gasteiger partial charge < -0.3 is 26.0 Å². The van der Waals surface area contributed by atoms with E-state index in [1.54, 1.807) is 20.8 Å². The number of hydrogen-bond donors (Lipinski definition) is 4. The maximum Gasteiger partial charge on any atom is 0.408 e. The molecule has 0 aromatic heterocycles. The first-order chi connectivity index (χ1) is 7.54. The first-order valence-electron chi connectivity index (χ1n) is 4.74. The molecule has 17 heavy (non-hydrogen) atoms. The van der Waals surface area contributed by atoms with Gasteiger partial charge in [0.05, 0.1) is 0 Å². The summed E-state index contributed by atoms with van der Waals surface area (Å²) in [4.78, 5) is 32.6. The molecule has 0 aromatic rings. The average molecular weight is 248 g/mol. The van der Waals surface area contributed by atoms with Gasteiger partial charge >= 0.3 is 12.1 Å². The lowest BCUT2D eigenvalue weighted by Gasteiger charge is -2.23. The molecule has 98 valence electrons. The Bertz CT molecular complexity index is 322. The predicted molar refractivity (Wildman–Crippen MR) is 56.0 cm³/mol. The molecule has 0 heterocycles. The van der Waals surface area contributed by atoms with Gasteiger partial charge in [-0.1, -0.05) is 0 Å². The van der Waals surface area contributed by atoms with Crippen LogP contribution in [0.25, 0.3) is 0 Å². The number of alkyl carbamates (subject to hydrolysis) is 1. The van der Waals surface area contributed by atoms with Gasteiger partial charge in [-0.15, -0.1) is 0 Å². The summed E-state index contributed by atoms with van der Waals surface area (Å²) in [6, 6.07) is -1.85. The Morgan fingerprint density at radius 3 is 2.06 bits per heavy atom. The fourth-order valence-corrected chi connectivity index (χ4v) is 0.875. The predicted octanol–water partition coefficient (Wildman–Crippen LogP) is -1.19. The van der Waals surface area contributed by atoms with E-state index in [1.807, 2.05) is 5.32 Å². The third-order valence-corrected chi connectivity index (χ3v) is 1.55. The fourth-order valence-electron chi connectivity index (χ4n) is 0.875. The molecule has 2 atom stereocenters. The van der Waals surface area contributed by atoms with Gasteiger partial charge in [0, 0.05) is 0 Å². The summed E-state index contributed by atoms with van der Waals surface area (Å²) in [6.45, 7) is 4.73. The van der Waals surface area contributed by atoms with Crippen molar-refractivity contribution in [2.24, 2.45) is 5.73 Å². The zero-order valence-electron chi connectivity index (χ0n) is 9.76. The molecule has 2 amide bonds. The van der Waals surface area contributed by atoms with Gasteiger partial charge in [0.25, 0.3) is 0 Å². The molecule has 0 aromatic carbocycles. The molecule has 8 heteroatoms. The van der Waals surface area contributed by atoms with Crippen molar-refractivity contribution in [1.29, 1.82) is 0 Å². The van der Waals surface area contributed by atoms with E-state index in [4.69, 9.17) is 15.6 Å². The van der Waals surface area contributed by atoms with Crippen molar-refractivity contribution in [3.8, 4) is 0 Å². The standard InChI is InChI=1S/C9H16N2O6/c1-9(2,3)17-8(16)11-4(7(14)15)5(12)6(10)13/h4-5,12H,1-3H3,(H2,10,13)(H,11,16)(H,14,15). The van der Waals surface area contributed by atoms with Crippen LogP contribution in [0.15, 0.2) is 0 Å². The topological polar surface area (TPSA) is 139 Å². The Morgan fingerprint density at radius 1 is 1.29 bits per heavy atom. The lowest BCUT2D eigenvalue weighted by atomic mass is 10.1. The Morgan fingerprint density at radius 2 is 1.76 bits per heavy atom. The van der Waals surface area contributed by atoms with E-state index in [0.717, 1.165) is 0 Å². The number of carboxylic acid groups (broad SMARTS) is 1. The number of aliphatic hydroxyl groups excluding tert-OH is 1. The summed E-state index contributed by atoms with van der Waals surface area (Å²) >= 11 is 0. The van der Waals surface area contributed by atoms with Crippen molar-refractivity contribution < 1.29 is 29.3 Å². The second kappa shape index (κ2) is 5.48. The number of nitrogens with two attached hydrogens (primary N) is 1. The molecule has 0 aliphatic carbocycles. The number of aliphatic carboxylic acids is 1. The number of carboxylic acids is 1. The first-order valence-corrected chi connectivity index (χ1v) is 4.74. The van der Waals surface area contributed by atoms with Gasteiger partial charge in [0.1, 0.15) is 5.60 Å². The van der Waals surface area contributed by atoms with Crippen LogP contribution in [0.2, 0.25) is 0 Å². The molecule has 2 unspecified atom stereocenters. The Kier molecular flexibility index (Phi) is 4.89. The quantitative estimate of drug-likeness (QED) is 0.493. The lowest BCUT2D eigenvalue weighted by molar-refractivity contribution is -0.146. The molecular formula is C9H16N2O6. The van der Waals surface area contributed by atoms with Gasteiger partial charge in [0.2, 0.25) is 5.91 Å². The number of aliphatic hydroxyl groups is 1. The minimum atomic E-state index is -2.03. The highest BCUT2D eigenvalue weighted by atomic mass is 16.6. The molecule has 0 aliphatic heterocycles. The summed E-state index contributed by atoms with van der Waals surface area (Å²) < 4.78 is 4.77. The highest BCUT2D eigenvalue weighted by molar-refractivity contribution is 5.89. The van der Waals surface area contributed by atoms with Crippen molar-refractivity contribution in [3.05, 3.63) is 0 Å². The molecule has 0 bridgehead atoms. The van der Waals surface area contributed by atoms with Crippen LogP contribution >= 0.6 is 0 Å². The molecule has 0 aliphatic rings. The smallest absolute Gasteiger partial charge is 0.408 e. The number of carbonyl (C=O) groups is 3. The van der Waals surface area contributed by atoms with Crippen LogP contribution in [0.3, 0.4) is 0 Å². The summed E-state index contributed by atoms with van der Waals surface area (Å²) in [5.74, 6) is -2.85. The molecular weight excluding hydrogens is 232 g/mol. The number of rotatable bonds is 4. The van der Waals surface area contributed by atoms with E-state index in [-0.39, 0.29) is 0 Å². The summed E-state index contributed by atoms with van der Waals surface area (Å²) in [5.41, 5.74) is 3.90. The second-order valence-corrected chi connectivity index (χ2v) is 4.31.